The van der Waals surface area contributed by atoms with E-state index in [0.717, 1.165) is 48.5 Å². The molecule has 53 heavy (non-hydrogen) atoms. The summed E-state index contributed by atoms with van der Waals surface area (Å²) in [4.78, 5) is 52.8. The fourth-order valence-corrected chi connectivity index (χ4v) is 8.30. The summed E-state index contributed by atoms with van der Waals surface area (Å²) in [6.45, 7) is 7.18. The molecule has 0 saturated heterocycles. The molecule has 3 unspecified atom stereocenters. The number of hydrogen-bond acceptors (Lipinski definition) is 8. The first kappa shape index (κ1) is 42.3. The van der Waals surface area contributed by atoms with Crippen LogP contribution in [0.15, 0.2) is 60.4 Å². The van der Waals surface area contributed by atoms with Crippen LogP contribution in [0, 0.1) is 23.7 Å². The zero-order valence-corrected chi connectivity index (χ0v) is 33.1. The molecule has 0 spiro atoms. The number of amides is 2. The van der Waals surface area contributed by atoms with Gasteiger partial charge in [0.2, 0.25) is 11.8 Å². The summed E-state index contributed by atoms with van der Waals surface area (Å²) < 4.78 is 1.93. The number of benzene rings is 1. The highest BCUT2D eigenvalue weighted by molar-refractivity contribution is 7.99. The number of aryl methyl sites for hydroxylation is 1. The SMILES string of the molecule is CCCCNC(=O)C(C[C@H](O)[C@H](CC1CCCCC1)NCCC(=O)C(Cc1cnc[nH]1)NC(=O)C(CSc1nccn1C)Cc1ccccc1)C(C)C. The average molecular weight is 750 g/mol. The summed E-state index contributed by atoms with van der Waals surface area (Å²) in [5, 5.41) is 22.2. The number of carbonyl (C=O) groups is 3. The maximum atomic E-state index is 14.0. The summed E-state index contributed by atoms with van der Waals surface area (Å²) >= 11 is 1.53. The number of aliphatic hydroxyl groups excluding tert-OH is 1. The third kappa shape index (κ3) is 14.4. The minimum atomic E-state index is -0.750. The van der Waals surface area contributed by atoms with Gasteiger partial charge in [-0.05, 0) is 43.1 Å². The van der Waals surface area contributed by atoms with E-state index in [1.165, 1.54) is 31.0 Å². The number of unbranched alkanes of at least 4 members (excludes halogenated alkanes) is 1. The maximum absolute atomic E-state index is 14.0. The van der Waals surface area contributed by atoms with Crippen molar-refractivity contribution in [3.63, 3.8) is 0 Å². The lowest BCUT2D eigenvalue weighted by atomic mass is 9.81. The smallest absolute Gasteiger partial charge is 0.224 e. The topological polar surface area (TPSA) is 154 Å². The maximum Gasteiger partial charge on any atom is 0.224 e. The van der Waals surface area contributed by atoms with E-state index >= 15 is 0 Å². The number of aliphatic hydroxyl groups is 1. The average Bonchev–Trinajstić information content (AvgIpc) is 3.83. The van der Waals surface area contributed by atoms with Crippen molar-refractivity contribution >= 4 is 29.4 Å². The minimum absolute atomic E-state index is 0.000343. The van der Waals surface area contributed by atoms with Crippen LogP contribution in [0.25, 0.3) is 0 Å². The molecule has 2 aromatic heterocycles. The first-order valence-corrected chi connectivity index (χ1v) is 20.8. The molecule has 292 valence electrons. The monoisotopic (exact) mass is 749 g/mol. The minimum Gasteiger partial charge on any atom is -0.391 e. The van der Waals surface area contributed by atoms with Crippen molar-refractivity contribution in [1.29, 1.82) is 0 Å². The number of nitrogens with zero attached hydrogens (tertiary/aromatic N) is 3. The van der Waals surface area contributed by atoms with Gasteiger partial charge < -0.3 is 30.6 Å². The van der Waals surface area contributed by atoms with Gasteiger partial charge in [0.1, 0.15) is 0 Å². The molecule has 2 amide bonds. The molecule has 2 heterocycles. The number of H-pyrrole nitrogens is 1. The summed E-state index contributed by atoms with van der Waals surface area (Å²) in [5.74, 6) is 0.140. The van der Waals surface area contributed by atoms with Crippen molar-refractivity contribution in [2.24, 2.45) is 30.7 Å². The molecule has 1 aliphatic carbocycles. The predicted molar refractivity (Wildman–Crippen MR) is 211 cm³/mol. The Hall–Kier alpha value is -3.48. The standard InChI is InChI=1S/C41H63N7O4S/c1-5-6-18-44-40(52)34(29(2)3)25-38(50)35(23-31-15-11-8-12-16-31)43-19-17-37(49)36(24-33-26-42-28-46-33)47-39(51)32(22-30-13-9-7-10-14-30)27-53-41-45-20-21-48(41)4/h7,9-10,13-14,20-21,26,28-29,31-32,34-36,38,43,50H,5-6,8,11-12,15-19,22-25,27H2,1-4H3,(H,42,46)(H,44,52)(H,47,51)/t32?,34?,35-,36?,38-/m0/s1. The zero-order chi connectivity index (χ0) is 38.0. The third-order valence-electron chi connectivity index (χ3n) is 10.6. The number of imidazole rings is 2. The number of rotatable bonds is 24. The molecule has 3 aromatic rings. The van der Waals surface area contributed by atoms with E-state index in [1.807, 2.05) is 62.0 Å². The number of aromatic amines is 1. The van der Waals surface area contributed by atoms with Gasteiger partial charge in [0.15, 0.2) is 10.9 Å². The normalized spacial score (nSPS) is 16.5. The molecule has 1 saturated carbocycles. The molecule has 4 rings (SSSR count). The van der Waals surface area contributed by atoms with E-state index in [-0.39, 0.29) is 41.9 Å². The van der Waals surface area contributed by atoms with E-state index in [9.17, 15) is 19.5 Å². The third-order valence-corrected chi connectivity index (χ3v) is 11.8. The molecule has 5 atom stereocenters. The van der Waals surface area contributed by atoms with Gasteiger partial charge in [0.25, 0.3) is 0 Å². The van der Waals surface area contributed by atoms with Gasteiger partial charge in [-0.25, -0.2) is 9.97 Å². The zero-order valence-electron chi connectivity index (χ0n) is 32.3. The molecule has 0 aliphatic heterocycles. The van der Waals surface area contributed by atoms with Crippen molar-refractivity contribution in [2.45, 2.75) is 121 Å². The van der Waals surface area contributed by atoms with Crippen LogP contribution in [0.2, 0.25) is 0 Å². The largest absolute Gasteiger partial charge is 0.391 e. The Bertz CT molecular complexity index is 1490. The Morgan fingerprint density at radius 3 is 2.49 bits per heavy atom. The van der Waals surface area contributed by atoms with E-state index in [4.69, 9.17) is 0 Å². The number of hydrogen-bond donors (Lipinski definition) is 5. The summed E-state index contributed by atoms with van der Waals surface area (Å²) in [7, 11) is 1.93. The van der Waals surface area contributed by atoms with Crippen molar-refractivity contribution in [2.75, 3.05) is 18.8 Å². The first-order valence-electron chi connectivity index (χ1n) is 19.8. The lowest BCUT2D eigenvalue weighted by Gasteiger charge is -2.32. The summed E-state index contributed by atoms with van der Waals surface area (Å²) in [6, 6.07) is 8.95. The lowest BCUT2D eigenvalue weighted by Crippen LogP contribution is -2.48. The van der Waals surface area contributed by atoms with Gasteiger partial charge in [-0.3, -0.25) is 14.4 Å². The molecular formula is C41H63N7O4S. The number of aromatic nitrogens is 4. The fraction of sp³-hybridized carbons (Fsp3) is 0.634. The Morgan fingerprint density at radius 2 is 1.83 bits per heavy atom. The second kappa shape index (κ2) is 22.7. The van der Waals surface area contributed by atoms with Crippen LogP contribution in [-0.4, -0.2) is 79.3 Å². The van der Waals surface area contributed by atoms with Crippen LogP contribution >= 0.6 is 11.8 Å². The highest BCUT2D eigenvalue weighted by Crippen LogP contribution is 2.30. The van der Waals surface area contributed by atoms with E-state index < -0.39 is 18.1 Å². The molecule has 11 nitrogen and oxygen atoms in total. The lowest BCUT2D eigenvalue weighted by molar-refractivity contribution is -0.129. The number of thioether (sulfide) groups is 1. The molecule has 0 bridgehead atoms. The molecule has 5 N–H and O–H groups in total. The Balaban J connectivity index is 1.44. The first-order chi connectivity index (χ1) is 25.6. The number of ketones is 1. The van der Waals surface area contributed by atoms with Gasteiger partial charge in [0.05, 0.1) is 24.4 Å². The molecule has 12 heteroatoms. The summed E-state index contributed by atoms with van der Waals surface area (Å²) in [6.07, 6.45) is 16.2. The number of carbonyl (C=O) groups excluding carboxylic acids is 3. The van der Waals surface area contributed by atoms with E-state index in [0.29, 0.717) is 44.0 Å². The van der Waals surface area contributed by atoms with E-state index in [1.54, 1.807) is 18.7 Å². The van der Waals surface area contributed by atoms with Crippen LogP contribution in [0.1, 0.15) is 96.2 Å². The molecule has 1 aromatic carbocycles. The van der Waals surface area contributed by atoms with Gasteiger partial charge >= 0.3 is 0 Å². The molecule has 1 fully saturated rings. The van der Waals surface area contributed by atoms with Crippen molar-refractivity contribution in [3.05, 3.63) is 66.5 Å². The van der Waals surface area contributed by atoms with Crippen LogP contribution in [0.4, 0.5) is 0 Å². The predicted octanol–water partition coefficient (Wildman–Crippen LogP) is 5.65. The van der Waals surface area contributed by atoms with Gasteiger partial charge in [-0.1, -0.05) is 101 Å². The fourth-order valence-electron chi connectivity index (χ4n) is 7.28. The van der Waals surface area contributed by atoms with Crippen LogP contribution in [-0.2, 0) is 34.3 Å². The van der Waals surface area contributed by atoms with Crippen molar-refractivity contribution in [1.82, 2.24) is 35.5 Å². The van der Waals surface area contributed by atoms with Crippen molar-refractivity contribution in [3.8, 4) is 0 Å². The number of nitrogens with one attached hydrogen (secondary N) is 4. The summed E-state index contributed by atoms with van der Waals surface area (Å²) in [5.41, 5.74) is 1.82. The molecule has 1 aliphatic rings. The van der Waals surface area contributed by atoms with Gasteiger partial charge in [0, 0.05) is 75.0 Å². The van der Waals surface area contributed by atoms with Crippen LogP contribution in [0.3, 0.4) is 0 Å². The van der Waals surface area contributed by atoms with Crippen LogP contribution in [0.5, 0.6) is 0 Å². The Morgan fingerprint density at radius 1 is 1.06 bits per heavy atom. The van der Waals surface area contributed by atoms with Gasteiger partial charge in [-0.2, -0.15) is 0 Å². The Labute approximate surface area is 320 Å². The Kier molecular flexibility index (Phi) is 18.1. The quantitative estimate of drug-likeness (QED) is 0.0582. The second-order valence-electron chi connectivity index (χ2n) is 15.2. The van der Waals surface area contributed by atoms with Crippen molar-refractivity contribution < 1.29 is 19.5 Å². The highest BCUT2D eigenvalue weighted by Gasteiger charge is 2.32. The molecule has 0 radical (unpaired) electrons. The molecular weight excluding hydrogens is 687 g/mol. The second-order valence-corrected chi connectivity index (χ2v) is 16.2. The van der Waals surface area contributed by atoms with Crippen LogP contribution < -0.4 is 16.0 Å². The van der Waals surface area contributed by atoms with Gasteiger partial charge in [-0.15, -0.1) is 0 Å². The highest BCUT2D eigenvalue weighted by atomic mass is 32.2. The van der Waals surface area contributed by atoms with E-state index in [2.05, 4.69) is 37.8 Å². The number of Topliss-reactive ketones (excluding diaryl/α,β-unsaturated/α-hetero) is 1.